The van der Waals surface area contributed by atoms with Gasteiger partial charge in [-0.1, -0.05) is 0 Å². The Balaban J connectivity index is -0.00000000167. The van der Waals surface area contributed by atoms with E-state index in [-0.39, 0.29) is 126 Å². The third kappa shape index (κ3) is 18.0. The molecule has 0 rings (SSSR count). The standard InChI is InChI=1S/Ce.Ho.In.O.Ta.H. The van der Waals surface area contributed by atoms with Crippen LogP contribution in [-0.4, -0.2) is 24.4 Å². The monoisotopic (exact) mass is 618 g/mol. The van der Waals surface area contributed by atoms with Crippen LogP contribution in [0.5, 0.6) is 0 Å². The molecule has 0 amide bonds. The Morgan fingerprint density at radius 3 is 1.20 bits per heavy atom. The smallest absolute Gasteiger partial charge is 0 e. The largest absolute Gasteiger partial charge is 0 e. The molecule has 0 aromatic rings. The van der Waals surface area contributed by atoms with E-state index in [0.717, 1.165) is 0 Å². The molecule has 0 bridgehead atoms. The van der Waals surface area contributed by atoms with Gasteiger partial charge >= 0.3 is 27.2 Å². The van der Waals surface area contributed by atoms with E-state index >= 15 is 0 Å². The van der Waals surface area contributed by atoms with Crippen molar-refractivity contribution in [2.24, 2.45) is 0 Å². The Hall–Kier alpha value is 4.05. The minimum atomic E-state index is -0.1000. The summed E-state index contributed by atoms with van der Waals surface area (Å²) >= 11 is -0.1000. The fourth-order valence-corrected chi connectivity index (χ4v) is 0. The normalized spacial score (nSPS) is 0.600. The molecule has 5 heavy (non-hydrogen) atoms. The maximum atomic E-state index is 8.42. The van der Waals surface area contributed by atoms with Crippen molar-refractivity contribution in [3.8, 4) is 0 Å². The molecule has 0 aliphatic heterocycles. The summed E-state index contributed by atoms with van der Waals surface area (Å²) in [5, 5.41) is 0. The molecule has 5 heteroatoms. The molecule has 0 fully saturated rings. The van der Waals surface area contributed by atoms with E-state index in [9.17, 15) is 0 Å². The molecule has 0 spiro atoms. The second kappa shape index (κ2) is 24.4. The van der Waals surface area contributed by atoms with Crippen molar-refractivity contribution in [2.45, 2.75) is 0 Å². The Bertz CT molecular complexity index is 11.6. The minimum absolute atomic E-state index is 0. The van der Waals surface area contributed by atoms with Crippen LogP contribution in [0.3, 0.4) is 0 Å². The van der Waals surface area contributed by atoms with Crippen molar-refractivity contribution in [3.05, 3.63) is 0 Å². The van der Waals surface area contributed by atoms with E-state index < -0.39 is 0 Å². The van der Waals surface area contributed by atoms with Crippen molar-refractivity contribution in [1.29, 1.82) is 0 Å². The van der Waals surface area contributed by atoms with E-state index in [1.807, 2.05) is 0 Å². The predicted octanol–water partition coefficient (Wildman–Crippen LogP) is -0.770. The summed E-state index contributed by atoms with van der Waals surface area (Å²) in [6, 6.07) is 0. The van der Waals surface area contributed by atoms with E-state index in [0.29, 0.717) is 0 Å². The Morgan fingerprint density at radius 2 is 1.20 bits per heavy atom. The van der Waals surface area contributed by atoms with Gasteiger partial charge in [-0.25, -0.2) is 0 Å². The van der Waals surface area contributed by atoms with Crippen LogP contribution in [0.15, 0.2) is 0 Å². The number of hydrogen-bond donors (Lipinski definition) is 0. The zero-order valence-electron chi connectivity index (χ0n) is 2.36. The zero-order chi connectivity index (χ0) is 2.00. The molecule has 0 saturated heterocycles. The predicted molar refractivity (Wildman–Crippen MR) is 7.84 cm³/mol. The molecule has 0 atom stereocenters. The Labute approximate surface area is 125 Å². The fourth-order valence-electron chi connectivity index (χ4n) is 0. The van der Waals surface area contributed by atoms with Gasteiger partial charge in [-0.2, -0.15) is 0 Å². The maximum Gasteiger partial charge on any atom is 0 e. The van der Waals surface area contributed by atoms with Gasteiger partial charge in [0, 0.05) is 102 Å². The van der Waals surface area contributed by atoms with Crippen molar-refractivity contribution >= 4 is 24.4 Å². The quantitative estimate of drug-likeness (QED) is 0.327. The summed E-state index contributed by atoms with van der Waals surface area (Å²) in [4.78, 5) is 0. The van der Waals surface area contributed by atoms with Crippen molar-refractivity contribution in [2.75, 3.05) is 0 Å². The molecule has 0 aromatic carbocycles. The maximum absolute atomic E-state index is 8.42. The van der Waals surface area contributed by atoms with Crippen LogP contribution >= 0.6 is 0 Å². The van der Waals surface area contributed by atoms with Crippen LogP contribution < -0.4 is 0 Å². The molecule has 1 nitrogen and oxygen atoms in total. The molecule has 30 valence electrons. The van der Waals surface area contributed by atoms with Gasteiger partial charge in [0.15, 0.2) is 0 Å². The summed E-state index contributed by atoms with van der Waals surface area (Å²) in [6.45, 7) is 0. The van der Waals surface area contributed by atoms with Crippen LogP contribution in [-0.2, 0) is 25.2 Å². The van der Waals surface area contributed by atoms with E-state index in [2.05, 4.69) is 0 Å². The molecule has 0 aliphatic carbocycles. The average molecular weight is 618 g/mol. The first kappa shape index (κ1) is 23.0. The van der Waals surface area contributed by atoms with Crippen LogP contribution in [0, 0.1) is 79.5 Å². The van der Waals surface area contributed by atoms with Gasteiger partial charge in [0.2, 0.25) is 0 Å². The average Bonchev–Trinajstić information content (AvgIpc) is 1.00. The SMILES string of the molecule is [Ce].[Ho].[O]=[InH].[Ta]. The molecule has 2 radical (unpaired) electrons. The van der Waals surface area contributed by atoms with Crippen LogP contribution in [0.1, 0.15) is 0 Å². The third-order valence-corrected chi connectivity index (χ3v) is 0. The van der Waals surface area contributed by atoms with Crippen molar-refractivity contribution in [3.63, 3.8) is 0 Å². The zero-order valence-corrected chi connectivity index (χ0v) is 14.7. The first-order valence-electron chi connectivity index (χ1n) is 0.289. The minimum Gasteiger partial charge on any atom is 0 e. The molecule has 0 heterocycles. The first-order chi connectivity index (χ1) is 1.00. The summed E-state index contributed by atoms with van der Waals surface area (Å²) < 4.78 is 8.42. The second-order valence-corrected chi connectivity index (χ2v) is 0. The molecular formula is HCeHoInOTa. The van der Waals surface area contributed by atoms with Gasteiger partial charge < -0.3 is 0 Å². The van der Waals surface area contributed by atoms with Gasteiger partial charge in [-0.3, -0.25) is 0 Å². The first-order valence-corrected chi connectivity index (χ1v) is 1.94. The van der Waals surface area contributed by atoms with Gasteiger partial charge in [0.05, 0.1) is 0 Å². The van der Waals surface area contributed by atoms with E-state index in [4.69, 9.17) is 2.85 Å². The van der Waals surface area contributed by atoms with Crippen molar-refractivity contribution < 1.29 is 105 Å². The fraction of sp³-hybridized carbons (Fsp3) is 0. The second-order valence-electron chi connectivity index (χ2n) is 0. The summed E-state index contributed by atoms with van der Waals surface area (Å²) in [7, 11) is 0. The summed E-state index contributed by atoms with van der Waals surface area (Å²) in [5.74, 6) is 0. The molecule has 0 saturated carbocycles. The van der Waals surface area contributed by atoms with Gasteiger partial charge in [-0.15, -0.1) is 0 Å². The van der Waals surface area contributed by atoms with Gasteiger partial charge in [0.25, 0.3) is 0 Å². The number of rotatable bonds is 0. The molecular weight excluding hydrogens is 617 g/mol. The number of hydrogen-bond acceptors (Lipinski definition) is 1. The molecule has 0 N–H and O–H groups in total. The Morgan fingerprint density at radius 1 is 1.20 bits per heavy atom. The topological polar surface area (TPSA) is 17.1 Å². The Kier molecular flexibility index (Phi) is 112. The molecule has 0 aromatic heterocycles. The van der Waals surface area contributed by atoms with Crippen LogP contribution in [0.2, 0.25) is 0 Å². The third-order valence-electron chi connectivity index (χ3n) is 0. The summed E-state index contributed by atoms with van der Waals surface area (Å²) in [6.07, 6.45) is 0. The van der Waals surface area contributed by atoms with E-state index in [1.54, 1.807) is 0 Å². The van der Waals surface area contributed by atoms with Gasteiger partial charge in [0.1, 0.15) is 0 Å². The van der Waals surface area contributed by atoms with Crippen molar-refractivity contribution in [1.82, 2.24) is 0 Å². The molecule has 0 unspecified atom stereocenters. The van der Waals surface area contributed by atoms with E-state index in [1.165, 1.54) is 0 Å². The van der Waals surface area contributed by atoms with Crippen LogP contribution in [0.25, 0.3) is 0 Å². The molecule has 0 aliphatic rings. The summed E-state index contributed by atoms with van der Waals surface area (Å²) in [5.41, 5.74) is 0. The van der Waals surface area contributed by atoms with Gasteiger partial charge in [-0.05, 0) is 0 Å². The van der Waals surface area contributed by atoms with Crippen LogP contribution in [0.4, 0.5) is 0 Å².